The van der Waals surface area contributed by atoms with E-state index < -0.39 is 0 Å². The van der Waals surface area contributed by atoms with Crippen LogP contribution in [0.1, 0.15) is 12.3 Å². The number of rotatable bonds is 5. The van der Waals surface area contributed by atoms with Gasteiger partial charge < -0.3 is 18.9 Å². The fourth-order valence-electron chi connectivity index (χ4n) is 2.07. The molecule has 0 radical (unpaired) electrons. The second kappa shape index (κ2) is 6.19. The third-order valence-electron chi connectivity index (χ3n) is 3.26. The van der Waals surface area contributed by atoms with Gasteiger partial charge in [0.15, 0.2) is 0 Å². The molecule has 0 aromatic carbocycles. The van der Waals surface area contributed by atoms with Gasteiger partial charge in [0.2, 0.25) is 5.82 Å². The van der Waals surface area contributed by atoms with Crippen LogP contribution in [0.5, 0.6) is 0 Å². The van der Waals surface area contributed by atoms with Crippen molar-refractivity contribution in [1.29, 1.82) is 0 Å². The highest BCUT2D eigenvalue weighted by Gasteiger charge is 2.18. The van der Waals surface area contributed by atoms with Crippen LogP contribution in [0.15, 0.2) is 22.9 Å². The SMILES string of the molecule is CN(C)c1cc(-c2noc(CO[C@@H]3CCOC3)n2)ccn1. The molecule has 7 nitrogen and oxygen atoms in total. The molecule has 1 aliphatic heterocycles. The van der Waals surface area contributed by atoms with E-state index in [4.69, 9.17) is 14.0 Å². The van der Waals surface area contributed by atoms with E-state index in [9.17, 15) is 0 Å². The second-order valence-electron chi connectivity index (χ2n) is 5.11. The highest BCUT2D eigenvalue weighted by Crippen LogP contribution is 2.20. The molecule has 0 unspecified atom stereocenters. The lowest BCUT2D eigenvalue weighted by Gasteiger charge is -2.10. The lowest BCUT2D eigenvalue weighted by molar-refractivity contribution is 0.0191. The molecule has 1 atom stereocenters. The third kappa shape index (κ3) is 3.37. The quantitative estimate of drug-likeness (QED) is 0.826. The first-order valence-electron chi connectivity index (χ1n) is 6.88. The first-order valence-corrected chi connectivity index (χ1v) is 6.88. The summed E-state index contributed by atoms with van der Waals surface area (Å²) < 4.78 is 16.1. The maximum absolute atomic E-state index is 5.66. The summed E-state index contributed by atoms with van der Waals surface area (Å²) >= 11 is 0. The van der Waals surface area contributed by atoms with Crippen LogP contribution in [0.2, 0.25) is 0 Å². The molecule has 21 heavy (non-hydrogen) atoms. The molecule has 1 aliphatic rings. The fourth-order valence-corrected chi connectivity index (χ4v) is 2.07. The molecule has 112 valence electrons. The highest BCUT2D eigenvalue weighted by molar-refractivity contribution is 5.59. The van der Waals surface area contributed by atoms with Gasteiger partial charge in [0.25, 0.3) is 5.89 Å². The maximum Gasteiger partial charge on any atom is 0.252 e. The van der Waals surface area contributed by atoms with Gasteiger partial charge in [-0.05, 0) is 18.6 Å². The predicted octanol–water partition coefficient (Wildman–Crippen LogP) is 1.50. The third-order valence-corrected chi connectivity index (χ3v) is 3.26. The van der Waals surface area contributed by atoms with Gasteiger partial charge in [-0.2, -0.15) is 4.98 Å². The van der Waals surface area contributed by atoms with Gasteiger partial charge in [0, 0.05) is 32.5 Å². The van der Waals surface area contributed by atoms with E-state index in [1.54, 1.807) is 6.20 Å². The van der Waals surface area contributed by atoms with Gasteiger partial charge in [-0.25, -0.2) is 4.98 Å². The zero-order valence-corrected chi connectivity index (χ0v) is 12.2. The van der Waals surface area contributed by atoms with E-state index in [1.165, 1.54) is 0 Å². The lowest BCUT2D eigenvalue weighted by atomic mass is 10.2. The number of ether oxygens (including phenoxy) is 2. The predicted molar refractivity (Wildman–Crippen MR) is 75.9 cm³/mol. The number of pyridine rings is 1. The molecule has 0 aliphatic carbocycles. The van der Waals surface area contributed by atoms with E-state index in [0.717, 1.165) is 24.4 Å². The Hall–Kier alpha value is -1.99. The Labute approximate surface area is 122 Å². The van der Waals surface area contributed by atoms with Gasteiger partial charge in [0.05, 0.1) is 12.7 Å². The molecule has 0 saturated carbocycles. The molecule has 1 saturated heterocycles. The van der Waals surface area contributed by atoms with Crippen LogP contribution >= 0.6 is 0 Å². The summed E-state index contributed by atoms with van der Waals surface area (Å²) in [4.78, 5) is 10.5. The van der Waals surface area contributed by atoms with Crippen molar-refractivity contribution in [2.24, 2.45) is 0 Å². The number of anilines is 1. The summed E-state index contributed by atoms with van der Waals surface area (Å²) in [5.74, 6) is 1.86. The average molecular weight is 290 g/mol. The number of aromatic nitrogens is 3. The van der Waals surface area contributed by atoms with Gasteiger partial charge in [0.1, 0.15) is 12.4 Å². The number of nitrogens with zero attached hydrogens (tertiary/aromatic N) is 4. The van der Waals surface area contributed by atoms with Crippen LogP contribution in [0.3, 0.4) is 0 Å². The number of hydrogen-bond acceptors (Lipinski definition) is 7. The Kier molecular flexibility index (Phi) is 4.12. The van der Waals surface area contributed by atoms with Gasteiger partial charge in [-0.15, -0.1) is 0 Å². The molecule has 2 aromatic rings. The largest absolute Gasteiger partial charge is 0.379 e. The fraction of sp³-hybridized carbons (Fsp3) is 0.500. The van der Waals surface area contributed by atoms with Gasteiger partial charge in [-0.1, -0.05) is 5.16 Å². The average Bonchev–Trinajstić information content (AvgIpc) is 3.17. The Morgan fingerprint density at radius 3 is 3.10 bits per heavy atom. The minimum atomic E-state index is 0.126. The summed E-state index contributed by atoms with van der Waals surface area (Å²) in [6, 6.07) is 3.77. The van der Waals surface area contributed by atoms with E-state index >= 15 is 0 Å². The molecule has 0 amide bonds. The molecule has 3 heterocycles. The Balaban J connectivity index is 1.67. The van der Waals surface area contributed by atoms with Crippen LogP contribution in [-0.2, 0) is 16.1 Å². The lowest BCUT2D eigenvalue weighted by Crippen LogP contribution is -2.12. The second-order valence-corrected chi connectivity index (χ2v) is 5.11. The van der Waals surface area contributed by atoms with Crippen molar-refractivity contribution in [1.82, 2.24) is 15.1 Å². The first-order chi connectivity index (χ1) is 10.2. The van der Waals surface area contributed by atoms with Crippen molar-refractivity contribution in [3.05, 3.63) is 24.2 Å². The Morgan fingerprint density at radius 1 is 1.43 bits per heavy atom. The monoisotopic (exact) mass is 290 g/mol. The van der Waals surface area contributed by atoms with Crippen molar-refractivity contribution in [3.63, 3.8) is 0 Å². The molecule has 2 aromatic heterocycles. The molecule has 3 rings (SSSR count). The van der Waals surface area contributed by atoms with Crippen molar-refractivity contribution in [2.45, 2.75) is 19.1 Å². The molecule has 1 fully saturated rings. The first kappa shape index (κ1) is 14.0. The molecule has 0 bridgehead atoms. The summed E-state index contributed by atoms with van der Waals surface area (Å²) in [6.45, 7) is 1.70. The molecule has 0 N–H and O–H groups in total. The van der Waals surface area contributed by atoms with Crippen LogP contribution in [0.4, 0.5) is 5.82 Å². The van der Waals surface area contributed by atoms with Crippen LogP contribution in [0.25, 0.3) is 11.4 Å². The summed E-state index contributed by atoms with van der Waals surface area (Å²) in [7, 11) is 3.87. The molecule has 7 heteroatoms. The van der Waals surface area contributed by atoms with Crippen LogP contribution in [0, 0.1) is 0 Å². The Morgan fingerprint density at radius 2 is 2.33 bits per heavy atom. The van der Waals surface area contributed by atoms with Gasteiger partial charge >= 0.3 is 0 Å². The van der Waals surface area contributed by atoms with E-state index in [1.807, 2.05) is 31.1 Å². The van der Waals surface area contributed by atoms with Crippen molar-refractivity contribution in [3.8, 4) is 11.4 Å². The highest BCUT2D eigenvalue weighted by atomic mass is 16.6. The Bertz CT molecular complexity index is 593. The summed E-state index contributed by atoms with van der Waals surface area (Å²) in [5, 5.41) is 3.99. The molecular formula is C14H18N4O3. The summed E-state index contributed by atoms with van der Waals surface area (Å²) in [6.07, 6.45) is 2.77. The molecule has 0 spiro atoms. The molecular weight excluding hydrogens is 272 g/mol. The van der Waals surface area contributed by atoms with Crippen LogP contribution in [-0.4, -0.2) is 48.5 Å². The minimum Gasteiger partial charge on any atom is -0.379 e. The van der Waals surface area contributed by atoms with Crippen molar-refractivity contribution in [2.75, 3.05) is 32.2 Å². The summed E-state index contributed by atoms with van der Waals surface area (Å²) in [5.41, 5.74) is 0.868. The number of hydrogen-bond donors (Lipinski definition) is 0. The van der Waals surface area contributed by atoms with Crippen molar-refractivity contribution < 1.29 is 14.0 Å². The van der Waals surface area contributed by atoms with E-state index in [0.29, 0.717) is 24.9 Å². The van der Waals surface area contributed by atoms with Crippen LogP contribution < -0.4 is 4.90 Å². The zero-order valence-electron chi connectivity index (χ0n) is 12.2. The minimum absolute atomic E-state index is 0.126. The zero-order chi connectivity index (χ0) is 14.7. The maximum atomic E-state index is 5.66. The normalized spacial score (nSPS) is 18.1. The smallest absolute Gasteiger partial charge is 0.252 e. The van der Waals surface area contributed by atoms with E-state index in [-0.39, 0.29) is 6.10 Å². The van der Waals surface area contributed by atoms with Gasteiger partial charge in [-0.3, -0.25) is 0 Å². The standard InChI is InChI=1S/C14H18N4O3/c1-18(2)12-7-10(3-5-15-12)14-16-13(21-17-14)9-20-11-4-6-19-8-11/h3,5,7,11H,4,6,8-9H2,1-2H3/t11-/m1/s1. The van der Waals surface area contributed by atoms with Crippen molar-refractivity contribution >= 4 is 5.82 Å². The topological polar surface area (TPSA) is 73.5 Å². The van der Waals surface area contributed by atoms with E-state index in [2.05, 4.69) is 15.1 Å².